The second-order valence-electron chi connectivity index (χ2n) is 8.10. The number of carbonyl (C=O) groups excluding carboxylic acids is 1. The van der Waals surface area contributed by atoms with Crippen molar-refractivity contribution in [2.45, 2.75) is 45.3 Å². The van der Waals surface area contributed by atoms with Gasteiger partial charge < -0.3 is 5.32 Å². The van der Waals surface area contributed by atoms with Gasteiger partial charge in [0.05, 0.1) is 22.0 Å². The minimum atomic E-state index is -3.74. The normalized spacial score (nSPS) is 15.5. The predicted molar refractivity (Wildman–Crippen MR) is 131 cm³/mol. The van der Waals surface area contributed by atoms with E-state index in [9.17, 15) is 13.2 Å². The molecule has 1 aliphatic heterocycles. The maximum Gasteiger partial charge on any atom is 0.244 e. The number of halogens is 2. The number of hydrogen-bond acceptors (Lipinski definition) is 4. The van der Waals surface area contributed by atoms with Crippen LogP contribution in [0.25, 0.3) is 0 Å². The maximum absolute atomic E-state index is 13.0. The van der Waals surface area contributed by atoms with E-state index in [1.807, 2.05) is 12.1 Å². The number of nitrogens with zero attached hydrogens (tertiary/aromatic N) is 2. The maximum atomic E-state index is 13.0. The molecule has 3 rings (SSSR count). The predicted octanol–water partition coefficient (Wildman–Crippen LogP) is 4.45. The Balaban J connectivity index is 1.73. The topological polar surface area (TPSA) is 69.7 Å². The van der Waals surface area contributed by atoms with Crippen LogP contribution < -0.4 is 9.62 Å². The van der Waals surface area contributed by atoms with Gasteiger partial charge in [0.2, 0.25) is 15.9 Å². The van der Waals surface area contributed by atoms with E-state index in [1.54, 1.807) is 13.0 Å². The largest absolute Gasteiger partial charge is 0.350 e. The van der Waals surface area contributed by atoms with Gasteiger partial charge in [-0.05, 0) is 61.7 Å². The Kier molecular flexibility index (Phi) is 8.44. The van der Waals surface area contributed by atoms with Gasteiger partial charge in [0.1, 0.15) is 6.04 Å². The smallest absolute Gasteiger partial charge is 0.244 e. The van der Waals surface area contributed by atoms with E-state index in [4.69, 9.17) is 23.2 Å². The molecule has 2 aromatic rings. The van der Waals surface area contributed by atoms with Crippen LogP contribution in [0.4, 0.5) is 5.69 Å². The quantitative estimate of drug-likeness (QED) is 0.555. The standard InChI is InChI=1S/C23H29Cl2N3O3S/c1-3-22(28(32(2,30)31)19-9-10-20(24)21(25)14-19)23(29)26-15-17-7-6-8-18(13-17)16-27-11-4-5-12-27/h6-10,13-14,22H,3-5,11-12,15-16H2,1-2H3,(H,26,29). The summed E-state index contributed by atoms with van der Waals surface area (Å²) in [4.78, 5) is 15.5. The number of rotatable bonds is 9. The molecule has 174 valence electrons. The van der Waals surface area contributed by atoms with Crippen molar-refractivity contribution in [2.75, 3.05) is 23.7 Å². The number of sulfonamides is 1. The summed E-state index contributed by atoms with van der Waals surface area (Å²) in [6.45, 7) is 5.24. The summed E-state index contributed by atoms with van der Waals surface area (Å²) >= 11 is 12.1. The zero-order valence-electron chi connectivity index (χ0n) is 18.4. The Morgan fingerprint density at radius 2 is 1.78 bits per heavy atom. The van der Waals surface area contributed by atoms with Crippen LogP contribution in [0.5, 0.6) is 0 Å². The fourth-order valence-electron chi connectivity index (χ4n) is 4.03. The lowest BCUT2D eigenvalue weighted by Gasteiger charge is -2.30. The number of hydrogen-bond donors (Lipinski definition) is 1. The van der Waals surface area contributed by atoms with E-state index >= 15 is 0 Å². The van der Waals surface area contributed by atoms with Crippen LogP contribution in [0, 0.1) is 0 Å². The van der Waals surface area contributed by atoms with Gasteiger partial charge in [0, 0.05) is 13.1 Å². The van der Waals surface area contributed by atoms with E-state index in [1.165, 1.54) is 30.5 Å². The molecule has 0 bridgehead atoms. The van der Waals surface area contributed by atoms with Crippen molar-refractivity contribution in [1.82, 2.24) is 10.2 Å². The molecular formula is C23H29Cl2N3O3S. The number of amides is 1. The molecule has 1 heterocycles. The van der Waals surface area contributed by atoms with Gasteiger partial charge in [-0.3, -0.25) is 14.0 Å². The SMILES string of the molecule is CCC(C(=O)NCc1cccc(CN2CCCC2)c1)N(c1ccc(Cl)c(Cl)c1)S(C)(=O)=O. The molecule has 0 radical (unpaired) electrons. The Hall–Kier alpha value is -1.80. The van der Waals surface area contributed by atoms with Gasteiger partial charge >= 0.3 is 0 Å². The molecule has 0 saturated carbocycles. The molecule has 1 atom stereocenters. The lowest BCUT2D eigenvalue weighted by Crippen LogP contribution is -2.49. The minimum absolute atomic E-state index is 0.225. The van der Waals surface area contributed by atoms with Gasteiger partial charge in [0.15, 0.2) is 0 Å². The molecule has 1 amide bonds. The average Bonchev–Trinajstić information content (AvgIpc) is 3.25. The summed E-state index contributed by atoms with van der Waals surface area (Å²) in [5.41, 5.74) is 2.49. The highest BCUT2D eigenvalue weighted by Crippen LogP contribution is 2.30. The monoisotopic (exact) mass is 497 g/mol. The van der Waals surface area contributed by atoms with Crippen molar-refractivity contribution in [3.8, 4) is 0 Å². The minimum Gasteiger partial charge on any atom is -0.350 e. The van der Waals surface area contributed by atoms with Crippen molar-refractivity contribution < 1.29 is 13.2 Å². The molecule has 0 aromatic heterocycles. The Morgan fingerprint density at radius 3 is 2.41 bits per heavy atom. The van der Waals surface area contributed by atoms with Crippen LogP contribution in [0.2, 0.25) is 10.0 Å². The summed E-state index contributed by atoms with van der Waals surface area (Å²) < 4.78 is 26.3. The second kappa shape index (κ2) is 10.9. The molecular weight excluding hydrogens is 469 g/mol. The third-order valence-corrected chi connectivity index (χ3v) is 7.47. The molecule has 2 aromatic carbocycles. The number of anilines is 1. The van der Waals surface area contributed by atoms with Gasteiger partial charge in [-0.1, -0.05) is 54.4 Å². The third kappa shape index (κ3) is 6.38. The number of likely N-dealkylation sites (tertiary alicyclic amines) is 1. The number of nitrogens with one attached hydrogen (secondary N) is 1. The first-order valence-electron chi connectivity index (χ1n) is 10.7. The van der Waals surface area contributed by atoms with Gasteiger partial charge in [0.25, 0.3) is 0 Å². The van der Waals surface area contributed by atoms with Crippen molar-refractivity contribution in [1.29, 1.82) is 0 Å². The molecule has 1 unspecified atom stereocenters. The highest BCUT2D eigenvalue weighted by atomic mass is 35.5. The summed E-state index contributed by atoms with van der Waals surface area (Å²) in [5.74, 6) is -0.367. The molecule has 32 heavy (non-hydrogen) atoms. The zero-order valence-corrected chi connectivity index (χ0v) is 20.7. The highest BCUT2D eigenvalue weighted by molar-refractivity contribution is 7.92. The molecule has 1 saturated heterocycles. The van der Waals surface area contributed by atoms with Gasteiger partial charge in [-0.25, -0.2) is 8.42 Å². The first-order chi connectivity index (χ1) is 15.2. The molecule has 9 heteroatoms. The van der Waals surface area contributed by atoms with Crippen LogP contribution in [-0.4, -0.2) is 44.6 Å². The fourth-order valence-corrected chi connectivity index (χ4v) is 5.52. The third-order valence-electron chi connectivity index (χ3n) is 5.55. The molecule has 1 aliphatic rings. The number of benzene rings is 2. The van der Waals surface area contributed by atoms with E-state index < -0.39 is 16.1 Å². The Morgan fingerprint density at radius 1 is 1.09 bits per heavy atom. The fraction of sp³-hybridized carbons (Fsp3) is 0.435. The second-order valence-corrected chi connectivity index (χ2v) is 10.8. The first kappa shape index (κ1) is 24.8. The summed E-state index contributed by atoms with van der Waals surface area (Å²) in [7, 11) is -3.74. The average molecular weight is 498 g/mol. The summed E-state index contributed by atoms with van der Waals surface area (Å²) in [5, 5.41) is 3.44. The van der Waals surface area contributed by atoms with Crippen LogP contribution in [-0.2, 0) is 27.9 Å². The van der Waals surface area contributed by atoms with E-state index in [0.717, 1.165) is 35.8 Å². The number of carbonyl (C=O) groups is 1. The highest BCUT2D eigenvalue weighted by Gasteiger charge is 2.31. The zero-order chi connectivity index (χ0) is 23.3. The Bertz CT molecular complexity index is 1060. The van der Waals surface area contributed by atoms with Crippen molar-refractivity contribution in [3.63, 3.8) is 0 Å². The summed E-state index contributed by atoms with van der Waals surface area (Å²) in [6, 6.07) is 11.8. The molecule has 0 spiro atoms. The van der Waals surface area contributed by atoms with Crippen molar-refractivity contribution >= 4 is 44.8 Å². The van der Waals surface area contributed by atoms with E-state index in [-0.39, 0.29) is 10.9 Å². The molecule has 1 N–H and O–H groups in total. The van der Waals surface area contributed by atoms with E-state index in [0.29, 0.717) is 23.7 Å². The van der Waals surface area contributed by atoms with Crippen LogP contribution in [0.15, 0.2) is 42.5 Å². The lowest BCUT2D eigenvalue weighted by molar-refractivity contribution is -0.122. The lowest BCUT2D eigenvalue weighted by atomic mass is 10.1. The van der Waals surface area contributed by atoms with Gasteiger partial charge in [-0.2, -0.15) is 0 Å². The summed E-state index contributed by atoms with van der Waals surface area (Å²) in [6.07, 6.45) is 3.86. The van der Waals surface area contributed by atoms with Gasteiger partial charge in [-0.15, -0.1) is 0 Å². The Labute approximate surface area is 200 Å². The molecule has 1 fully saturated rings. The first-order valence-corrected chi connectivity index (χ1v) is 13.3. The van der Waals surface area contributed by atoms with Crippen LogP contribution >= 0.6 is 23.2 Å². The van der Waals surface area contributed by atoms with Crippen LogP contribution in [0.1, 0.15) is 37.3 Å². The molecule has 0 aliphatic carbocycles. The van der Waals surface area contributed by atoms with Crippen LogP contribution in [0.3, 0.4) is 0 Å². The van der Waals surface area contributed by atoms with Crippen molar-refractivity contribution in [2.24, 2.45) is 0 Å². The van der Waals surface area contributed by atoms with E-state index in [2.05, 4.69) is 22.3 Å². The van der Waals surface area contributed by atoms with Crippen molar-refractivity contribution in [3.05, 3.63) is 63.6 Å². The molecule has 6 nitrogen and oxygen atoms in total.